The number of nitrogens with zero attached hydrogens (tertiary/aromatic N) is 1. The summed E-state index contributed by atoms with van der Waals surface area (Å²) in [6, 6.07) is 5.02. The summed E-state index contributed by atoms with van der Waals surface area (Å²) in [6.07, 6.45) is -2.08. The number of rotatable bonds is 3. The molecule has 3 rings (SSSR count). The van der Waals surface area contributed by atoms with Gasteiger partial charge in [-0.05, 0) is 30.0 Å². The smallest absolute Gasteiger partial charge is 0.302 e. The van der Waals surface area contributed by atoms with Crippen LogP contribution >= 0.6 is 11.3 Å². The van der Waals surface area contributed by atoms with Crippen molar-refractivity contribution in [2.24, 2.45) is 5.92 Å². The fourth-order valence-electron chi connectivity index (χ4n) is 2.26. The zero-order valence-electron chi connectivity index (χ0n) is 10.7. The number of halogens is 3. The molecule has 0 radical (unpaired) electrons. The minimum Gasteiger partial charge on any atom is -0.302 e. The molecule has 2 atom stereocenters. The molecule has 2 unspecified atom stereocenters. The van der Waals surface area contributed by atoms with E-state index < -0.39 is 11.7 Å². The van der Waals surface area contributed by atoms with Gasteiger partial charge in [-0.2, -0.15) is 13.2 Å². The molecule has 2 aromatic rings. The van der Waals surface area contributed by atoms with E-state index in [9.17, 15) is 18.0 Å². The summed E-state index contributed by atoms with van der Waals surface area (Å²) >= 11 is 1.33. The third-order valence-electron chi connectivity index (χ3n) is 3.46. The Morgan fingerprint density at radius 2 is 2.00 bits per heavy atom. The van der Waals surface area contributed by atoms with E-state index in [1.807, 2.05) is 0 Å². The largest absolute Gasteiger partial charge is 0.416 e. The summed E-state index contributed by atoms with van der Waals surface area (Å²) in [4.78, 5) is 15.9. The highest BCUT2D eigenvalue weighted by molar-refractivity contribution is 7.13. The summed E-state index contributed by atoms with van der Waals surface area (Å²) in [5.74, 6) is -0.326. The van der Waals surface area contributed by atoms with E-state index in [1.165, 1.54) is 23.5 Å². The highest BCUT2D eigenvalue weighted by Gasteiger charge is 2.44. The molecule has 1 fully saturated rings. The molecule has 1 saturated carbocycles. The molecule has 1 N–H and O–H groups in total. The van der Waals surface area contributed by atoms with Crippen molar-refractivity contribution in [2.45, 2.75) is 18.5 Å². The molecule has 0 spiro atoms. The minimum absolute atomic E-state index is 0.00718. The van der Waals surface area contributed by atoms with Gasteiger partial charge in [0.15, 0.2) is 5.13 Å². The number of alkyl halides is 3. The van der Waals surface area contributed by atoms with Gasteiger partial charge in [0, 0.05) is 17.5 Å². The van der Waals surface area contributed by atoms with Crippen LogP contribution in [0.15, 0.2) is 35.8 Å². The second kappa shape index (κ2) is 5.14. The number of hydrogen-bond donors (Lipinski definition) is 1. The van der Waals surface area contributed by atoms with Gasteiger partial charge in [-0.25, -0.2) is 4.98 Å². The summed E-state index contributed by atoms with van der Waals surface area (Å²) in [6.45, 7) is 0. The van der Waals surface area contributed by atoms with E-state index in [0.717, 1.165) is 17.7 Å². The van der Waals surface area contributed by atoms with Crippen LogP contribution in [0.25, 0.3) is 0 Å². The SMILES string of the molecule is O=C(Nc1nccs1)C1CC1c1ccc(C(F)(F)F)cc1. The van der Waals surface area contributed by atoms with Crippen LogP contribution in [0.4, 0.5) is 18.3 Å². The van der Waals surface area contributed by atoms with Gasteiger partial charge in [-0.1, -0.05) is 12.1 Å². The lowest BCUT2D eigenvalue weighted by atomic mass is 10.1. The monoisotopic (exact) mass is 312 g/mol. The third-order valence-corrected chi connectivity index (χ3v) is 4.14. The first-order chi connectivity index (χ1) is 9.95. The van der Waals surface area contributed by atoms with E-state index in [0.29, 0.717) is 11.6 Å². The van der Waals surface area contributed by atoms with E-state index in [4.69, 9.17) is 0 Å². The van der Waals surface area contributed by atoms with Gasteiger partial charge < -0.3 is 5.32 Å². The lowest BCUT2D eigenvalue weighted by molar-refractivity contribution is -0.137. The molecule has 1 heterocycles. The van der Waals surface area contributed by atoms with E-state index in [-0.39, 0.29) is 17.7 Å². The average Bonchev–Trinajstić information content (AvgIpc) is 3.09. The maximum absolute atomic E-state index is 12.5. The van der Waals surface area contributed by atoms with Crippen LogP contribution in [-0.2, 0) is 11.0 Å². The molecular formula is C14H11F3N2OS. The van der Waals surface area contributed by atoms with Crippen LogP contribution < -0.4 is 5.32 Å². The number of thiazole rings is 1. The molecule has 1 amide bonds. The Morgan fingerprint density at radius 1 is 1.29 bits per heavy atom. The molecular weight excluding hydrogens is 301 g/mol. The Morgan fingerprint density at radius 3 is 2.57 bits per heavy atom. The molecule has 110 valence electrons. The number of amides is 1. The molecule has 0 bridgehead atoms. The maximum atomic E-state index is 12.5. The molecule has 1 aromatic carbocycles. The summed E-state index contributed by atoms with van der Waals surface area (Å²) in [5, 5.41) is 5.01. The quantitative estimate of drug-likeness (QED) is 0.934. The summed E-state index contributed by atoms with van der Waals surface area (Å²) in [5.41, 5.74) is 0.0953. The second-order valence-electron chi connectivity index (χ2n) is 4.89. The van der Waals surface area contributed by atoms with Gasteiger partial charge in [0.2, 0.25) is 5.91 Å². The first-order valence-electron chi connectivity index (χ1n) is 6.32. The van der Waals surface area contributed by atoms with Crippen molar-refractivity contribution in [1.82, 2.24) is 4.98 Å². The van der Waals surface area contributed by atoms with Crippen LogP contribution in [0.5, 0.6) is 0 Å². The number of nitrogens with one attached hydrogen (secondary N) is 1. The minimum atomic E-state index is -4.33. The summed E-state index contributed by atoms with van der Waals surface area (Å²) < 4.78 is 37.4. The van der Waals surface area contributed by atoms with Gasteiger partial charge in [0.1, 0.15) is 0 Å². The maximum Gasteiger partial charge on any atom is 0.416 e. The Labute approximate surface area is 122 Å². The van der Waals surface area contributed by atoms with Crippen LogP contribution in [0, 0.1) is 5.92 Å². The van der Waals surface area contributed by atoms with E-state index >= 15 is 0 Å². The van der Waals surface area contributed by atoms with Crippen LogP contribution in [0.1, 0.15) is 23.5 Å². The predicted octanol–water partition coefficient (Wildman–Crippen LogP) is 3.90. The van der Waals surface area contributed by atoms with Crippen molar-refractivity contribution in [3.05, 3.63) is 47.0 Å². The Kier molecular flexibility index (Phi) is 3.44. The van der Waals surface area contributed by atoms with E-state index in [2.05, 4.69) is 10.3 Å². The summed E-state index contributed by atoms with van der Waals surface area (Å²) in [7, 11) is 0. The van der Waals surface area contributed by atoms with E-state index in [1.54, 1.807) is 11.6 Å². The predicted molar refractivity (Wildman–Crippen MR) is 73.0 cm³/mol. The van der Waals surface area contributed by atoms with Gasteiger partial charge in [0.05, 0.1) is 5.56 Å². The third kappa shape index (κ3) is 3.07. The lowest BCUT2D eigenvalue weighted by Crippen LogP contribution is -2.14. The fraction of sp³-hybridized carbons (Fsp3) is 0.286. The highest BCUT2D eigenvalue weighted by Crippen LogP contribution is 2.48. The topological polar surface area (TPSA) is 42.0 Å². The molecule has 0 saturated heterocycles. The Balaban J connectivity index is 1.63. The first-order valence-corrected chi connectivity index (χ1v) is 7.20. The number of carbonyl (C=O) groups is 1. The average molecular weight is 312 g/mol. The van der Waals surface area contributed by atoms with Crippen molar-refractivity contribution < 1.29 is 18.0 Å². The molecule has 7 heteroatoms. The molecule has 1 aliphatic rings. The molecule has 3 nitrogen and oxygen atoms in total. The fourth-order valence-corrected chi connectivity index (χ4v) is 2.79. The zero-order valence-corrected chi connectivity index (χ0v) is 11.5. The van der Waals surface area contributed by atoms with Crippen LogP contribution in [0.3, 0.4) is 0 Å². The van der Waals surface area contributed by atoms with Gasteiger partial charge in [-0.15, -0.1) is 11.3 Å². The van der Waals surface area contributed by atoms with Gasteiger partial charge >= 0.3 is 6.18 Å². The van der Waals surface area contributed by atoms with Crippen LogP contribution in [-0.4, -0.2) is 10.9 Å². The molecule has 1 aliphatic carbocycles. The van der Waals surface area contributed by atoms with Crippen molar-refractivity contribution in [3.8, 4) is 0 Å². The standard InChI is InChI=1S/C14H11F3N2OS/c15-14(16,17)9-3-1-8(2-4-9)10-7-11(10)12(20)19-13-18-5-6-21-13/h1-6,10-11H,7H2,(H,18,19,20). The molecule has 1 aromatic heterocycles. The van der Waals surface area contributed by atoms with Crippen LogP contribution in [0.2, 0.25) is 0 Å². The number of hydrogen-bond acceptors (Lipinski definition) is 3. The first kappa shape index (κ1) is 14.1. The zero-order chi connectivity index (χ0) is 15.0. The molecule has 21 heavy (non-hydrogen) atoms. The van der Waals surface area contributed by atoms with Crippen molar-refractivity contribution in [1.29, 1.82) is 0 Å². The second-order valence-corrected chi connectivity index (χ2v) is 5.79. The number of benzene rings is 1. The van der Waals surface area contributed by atoms with Crippen molar-refractivity contribution in [3.63, 3.8) is 0 Å². The Bertz CT molecular complexity index is 637. The molecule has 0 aliphatic heterocycles. The lowest BCUT2D eigenvalue weighted by Gasteiger charge is -2.07. The van der Waals surface area contributed by atoms with Gasteiger partial charge in [-0.3, -0.25) is 4.79 Å². The van der Waals surface area contributed by atoms with Crippen molar-refractivity contribution in [2.75, 3.05) is 5.32 Å². The highest BCUT2D eigenvalue weighted by atomic mass is 32.1. The number of anilines is 1. The Hall–Kier alpha value is -1.89. The van der Waals surface area contributed by atoms with Gasteiger partial charge in [0.25, 0.3) is 0 Å². The number of aromatic nitrogens is 1. The van der Waals surface area contributed by atoms with Crippen molar-refractivity contribution >= 4 is 22.4 Å². The normalized spacial score (nSPS) is 21.1. The number of carbonyl (C=O) groups excluding carboxylic acids is 1.